The Hall–Kier alpha value is -2.61. The Kier molecular flexibility index (Phi) is 4.85. The van der Waals surface area contributed by atoms with Gasteiger partial charge in [0.05, 0.1) is 30.8 Å². The number of nitrogens with zero attached hydrogens (tertiary/aromatic N) is 3. The number of rotatable bonds is 3. The lowest BCUT2D eigenvalue weighted by Crippen LogP contribution is -2.14. The molecule has 0 atom stereocenters. The molecule has 0 fully saturated rings. The van der Waals surface area contributed by atoms with E-state index in [2.05, 4.69) is 4.72 Å². The van der Waals surface area contributed by atoms with E-state index in [-0.39, 0.29) is 30.8 Å². The van der Waals surface area contributed by atoms with Crippen LogP contribution >= 0.6 is 22.6 Å². The van der Waals surface area contributed by atoms with E-state index in [4.69, 9.17) is 10.5 Å². The Morgan fingerprint density at radius 2 is 1.57 bits per heavy atom. The quantitative estimate of drug-likeness (QED) is 0.746. The van der Waals surface area contributed by atoms with Gasteiger partial charge in [-0.1, -0.05) is 18.2 Å². The molecule has 0 aliphatic carbocycles. The van der Waals surface area contributed by atoms with Gasteiger partial charge in [-0.2, -0.15) is 15.8 Å². The number of halogens is 1. The summed E-state index contributed by atoms with van der Waals surface area (Å²) >= 11 is 1.77. The van der Waals surface area contributed by atoms with Crippen molar-refractivity contribution in [3.63, 3.8) is 0 Å². The summed E-state index contributed by atoms with van der Waals surface area (Å²) in [6.07, 6.45) is 0. The highest BCUT2D eigenvalue weighted by Gasteiger charge is 2.21. The van der Waals surface area contributed by atoms with Crippen LogP contribution in [0.3, 0.4) is 0 Å². The molecule has 0 amide bonds. The molecule has 8 heteroatoms. The zero-order valence-corrected chi connectivity index (χ0v) is 14.4. The van der Waals surface area contributed by atoms with Gasteiger partial charge in [0, 0.05) is 0 Å². The summed E-state index contributed by atoms with van der Waals surface area (Å²) in [6.45, 7) is 0. The normalized spacial score (nSPS) is 10.2. The van der Waals surface area contributed by atoms with Crippen LogP contribution in [0.25, 0.3) is 0 Å². The Morgan fingerprint density at radius 3 is 2.09 bits per heavy atom. The van der Waals surface area contributed by atoms with Crippen LogP contribution in [0.5, 0.6) is 0 Å². The minimum atomic E-state index is -3.86. The monoisotopic (exact) mass is 434 g/mol. The molecule has 2 aromatic rings. The zero-order chi connectivity index (χ0) is 17.0. The summed E-state index contributed by atoms with van der Waals surface area (Å²) in [5.74, 6) is 0. The van der Waals surface area contributed by atoms with Crippen molar-refractivity contribution in [2.45, 2.75) is 4.90 Å². The van der Waals surface area contributed by atoms with Crippen molar-refractivity contribution in [3.8, 4) is 18.2 Å². The van der Waals surface area contributed by atoms with E-state index in [1.165, 1.54) is 18.2 Å². The molecule has 2 aromatic carbocycles. The van der Waals surface area contributed by atoms with E-state index >= 15 is 0 Å². The van der Waals surface area contributed by atoms with Gasteiger partial charge in [0.25, 0.3) is 10.0 Å². The van der Waals surface area contributed by atoms with E-state index in [0.717, 1.165) is 0 Å². The van der Waals surface area contributed by atoms with Gasteiger partial charge in [0.2, 0.25) is 0 Å². The molecule has 0 saturated heterocycles. The second-order valence-corrected chi connectivity index (χ2v) is 7.05. The maximum Gasteiger partial charge on any atom is 0.261 e. The van der Waals surface area contributed by atoms with Gasteiger partial charge in [0.15, 0.2) is 0 Å². The van der Waals surface area contributed by atoms with E-state index in [1.807, 2.05) is 6.07 Å². The van der Waals surface area contributed by atoms with Crippen LogP contribution in [-0.4, -0.2) is 8.42 Å². The summed E-state index contributed by atoms with van der Waals surface area (Å²) in [4.78, 5) is 0.0529. The van der Waals surface area contributed by atoms with Crippen molar-refractivity contribution in [2.24, 2.45) is 0 Å². The van der Waals surface area contributed by atoms with E-state index in [1.54, 1.807) is 52.9 Å². The standard InChI is InChI=1S/C15H7IN4O2S/c16-15-13(9-19)12(8-18)10(7-17)6-14(15)20-23(21,22)11-4-2-1-3-5-11/h1-6,20H. The van der Waals surface area contributed by atoms with Crippen LogP contribution in [0, 0.1) is 37.6 Å². The molecule has 23 heavy (non-hydrogen) atoms. The number of hydrogen-bond donors (Lipinski definition) is 1. The molecule has 2 rings (SSSR count). The van der Waals surface area contributed by atoms with E-state index < -0.39 is 10.0 Å². The van der Waals surface area contributed by atoms with Crippen molar-refractivity contribution < 1.29 is 8.42 Å². The van der Waals surface area contributed by atoms with Crippen molar-refractivity contribution in [1.29, 1.82) is 15.8 Å². The predicted octanol–water partition coefficient (Wildman–Crippen LogP) is 2.71. The molecule has 0 aliphatic rings. The topological polar surface area (TPSA) is 118 Å². The maximum absolute atomic E-state index is 12.4. The lowest BCUT2D eigenvalue weighted by Gasteiger charge is -2.12. The molecular formula is C15H7IN4O2S. The first-order valence-electron chi connectivity index (χ1n) is 6.09. The van der Waals surface area contributed by atoms with Crippen molar-refractivity contribution >= 4 is 38.3 Å². The lowest BCUT2D eigenvalue weighted by molar-refractivity contribution is 0.601. The number of benzene rings is 2. The first kappa shape index (κ1) is 16.8. The smallest absolute Gasteiger partial charge is 0.261 e. The van der Waals surface area contributed by atoms with Gasteiger partial charge >= 0.3 is 0 Å². The molecule has 0 radical (unpaired) electrons. The fourth-order valence-electron chi connectivity index (χ4n) is 1.85. The van der Waals surface area contributed by atoms with Crippen LogP contribution in [0.1, 0.15) is 16.7 Å². The van der Waals surface area contributed by atoms with Crippen LogP contribution in [-0.2, 0) is 10.0 Å². The van der Waals surface area contributed by atoms with Gasteiger partial charge in [-0.15, -0.1) is 0 Å². The highest BCUT2D eigenvalue weighted by molar-refractivity contribution is 14.1. The minimum Gasteiger partial charge on any atom is -0.278 e. The molecule has 1 N–H and O–H groups in total. The molecule has 6 nitrogen and oxygen atoms in total. The molecule has 0 bridgehead atoms. The Labute approximate surface area is 146 Å². The Morgan fingerprint density at radius 1 is 0.957 bits per heavy atom. The second kappa shape index (κ2) is 6.66. The van der Waals surface area contributed by atoms with Gasteiger partial charge < -0.3 is 0 Å². The first-order chi connectivity index (χ1) is 10.9. The number of nitrogens with one attached hydrogen (secondary N) is 1. The molecule has 0 unspecified atom stereocenters. The van der Waals surface area contributed by atoms with Crippen LogP contribution < -0.4 is 4.72 Å². The van der Waals surface area contributed by atoms with Gasteiger partial charge in [-0.05, 0) is 40.8 Å². The third-order valence-electron chi connectivity index (χ3n) is 2.91. The second-order valence-electron chi connectivity index (χ2n) is 4.29. The molecule has 0 heterocycles. The number of sulfonamides is 1. The molecule has 0 saturated carbocycles. The third-order valence-corrected chi connectivity index (χ3v) is 5.41. The predicted molar refractivity (Wildman–Crippen MR) is 90.6 cm³/mol. The minimum absolute atomic E-state index is 0.0297. The average molecular weight is 434 g/mol. The zero-order valence-electron chi connectivity index (χ0n) is 11.4. The summed E-state index contributed by atoms with van der Waals surface area (Å²) < 4.78 is 27.3. The van der Waals surface area contributed by atoms with Crippen LogP contribution in [0.4, 0.5) is 5.69 Å². The van der Waals surface area contributed by atoms with Crippen LogP contribution in [0.15, 0.2) is 41.3 Å². The summed E-state index contributed by atoms with van der Waals surface area (Å²) in [5.41, 5.74) is -0.0725. The van der Waals surface area contributed by atoms with Gasteiger partial charge in [0.1, 0.15) is 18.2 Å². The van der Waals surface area contributed by atoms with Crippen molar-refractivity contribution in [3.05, 3.63) is 56.7 Å². The third kappa shape index (κ3) is 3.26. The fraction of sp³-hybridized carbons (Fsp3) is 0. The van der Waals surface area contributed by atoms with Crippen LogP contribution in [0.2, 0.25) is 0 Å². The summed E-state index contributed by atoms with van der Waals surface area (Å²) in [7, 11) is -3.86. The largest absolute Gasteiger partial charge is 0.278 e. The molecule has 112 valence electrons. The van der Waals surface area contributed by atoms with E-state index in [9.17, 15) is 13.7 Å². The molecular weight excluding hydrogens is 427 g/mol. The lowest BCUT2D eigenvalue weighted by atomic mass is 10.0. The Balaban J connectivity index is 2.61. The average Bonchev–Trinajstić information content (AvgIpc) is 2.56. The van der Waals surface area contributed by atoms with Crippen molar-refractivity contribution in [2.75, 3.05) is 4.72 Å². The Bertz CT molecular complexity index is 997. The van der Waals surface area contributed by atoms with Crippen molar-refractivity contribution in [1.82, 2.24) is 0 Å². The first-order valence-corrected chi connectivity index (χ1v) is 8.65. The fourth-order valence-corrected chi connectivity index (χ4v) is 3.79. The number of nitriles is 3. The highest BCUT2D eigenvalue weighted by Crippen LogP contribution is 2.29. The molecule has 0 aromatic heterocycles. The maximum atomic E-state index is 12.4. The molecule has 0 spiro atoms. The van der Waals surface area contributed by atoms with Gasteiger partial charge in [-0.3, -0.25) is 4.72 Å². The van der Waals surface area contributed by atoms with E-state index in [0.29, 0.717) is 0 Å². The number of anilines is 1. The SMILES string of the molecule is N#Cc1cc(NS(=O)(=O)c2ccccc2)c(I)c(C#N)c1C#N. The highest BCUT2D eigenvalue weighted by atomic mass is 127. The number of hydrogen-bond acceptors (Lipinski definition) is 5. The summed E-state index contributed by atoms with van der Waals surface area (Å²) in [5, 5.41) is 27.4. The van der Waals surface area contributed by atoms with Gasteiger partial charge in [-0.25, -0.2) is 8.42 Å². The molecule has 0 aliphatic heterocycles. The summed E-state index contributed by atoms with van der Waals surface area (Å²) in [6, 6.07) is 14.4.